The van der Waals surface area contributed by atoms with Crippen molar-refractivity contribution in [1.82, 2.24) is 9.78 Å². The molecule has 0 amide bonds. The molecule has 0 unspecified atom stereocenters. The van der Waals surface area contributed by atoms with Crippen molar-refractivity contribution in [3.8, 4) is 0 Å². The maximum Gasteiger partial charge on any atom is 0.325 e. The molecule has 1 heterocycles. The number of hydrogen-bond donors (Lipinski definition) is 2. The summed E-state index contributed by atoms with van der Waals surface area (Å²) < 4.78 is 23.1. The number of nitrogen functional groups attached to an aromatic ring is 1. The van der Waals surface area contributed by atoms with E-state index in [2.05, 4.69) is 5.10 Å². The molecule has 1 aromatic rings. The largest absolute Gasteiger partial charge is 0.480 e. The molecular formula is C6H9N3O4S. The molecule has 0 radical (unpaired) electrons. The van der Waals surface area contributed by atoms with E-state index in [0.29, 0.717) is 0 Å². The van der Waals surface area contributed by atoms with Gasteiger partial charge in [0.2, 0.25) is 0 Å². The third kappa shape index (κ3) is 2.02. The molecule has 1 rings (SSSR count). The SMILES string of the molecule is CS(=O)(=O)c1cnn(CC(=O)O)c1N. The van der Waals surface area contributed by atoms with Gasteiger partial charge in [0.05, 0.1) is 6.20 Å². The van der Waals surface area contributed by atoms with E-state index in [4.69, 9.17) is 10.8 Å². The highest BCUT2D eigenvalue weighted by atomic mass is 32.2. The van der Waals surface area contributed by atoms with Crippen LogP contribution in [0.4, 0.5) is 5.82 Å². The highest BCUT2D eigenvalue weighted by molar-refractivity contribution is 7.90. The molecule has 3 N–H and O–H groups in total. The maximum atomic E-state index is 11.1. The molecule has 0 aliphatic heterocycles. The normalized spacial score (nSPS) is 11.5. The Bertz CT molecular complexity index is 461. The first-order valence-electron chi connectivity index (χ1n) is 3.55. The van der Waals surface area contributed by atoms with Crippen molar-refractivity contribution in [2.45, 2.75) is 11.4 Å². The molecule has 0 saturated heterocycles. The number of nitrogens with zero attached hydrogens (tertiary/aromatic N) is 2. The molecule has 0 aliphatic carbocycles. The van der Waals surface area contributed by atoms with Gasteiger partial charge < -0.3 is 10.8 Å². The molecule has 0 saturated carbocycles. The van der Waals surface area contributed by atoms with Crippen molar-refractivity contribution in [3.63, 3.8) is 0 Å². The van der Waals surface area contributed by atoms with Gasteiger partial charge in [-0.05, 0) is 0 Å². The minimum Gasteiger partial charge on any atom is -0.480 e. The lowest BCUT2D eigenvalue weighted by molar-refractivity contribution is -0.137. The van der Waals surface area contributed by atoms with Crippen LogP contribution >= 0.6 is 0 Å². The minimum absolute atomic E-state index is 0.154. The summed E-state index contributed by atoms with van der Waals surface area (Å²) in [6.45, 7) is -0.457. The van der Waals surface area contributed by atoms with Crippen LogP contribution < -0.4 is 5.73 Å². The lowest BCUT2D eigenvalue weighted by Gasteiger charge is -2.00. The zero-order valence-electron chi connectivity index (χ0n) is 7.34. The van der Waals surface area contributed by atoms with Crippen molar-refractivity contribution >= 4 is 21.6 Å². The molecule has 0 bridgehead atoms. The van der Waals surface area contributed by atoms with Gasteiger partial charge in [0.25, 0.3) is 0 Å². The van der Waals surface area contributed by atoms with Gasteiger partial charge in [-0.2, -0.15) is 5.10 Å². The fourth-order valence-corrected chi connectivity index (χ4v) is 1.64. The summed E-state index contributed by atoms with van der Waals surface area (Å²) in [4.78, 5) is 10.2. The molecule has 7 nitrogen and oxygen atoms in total. The molecule has 14 heavy (non-hydrogen) atoms. The first-order valence-corrected chi connectivity index (χ1v) is 5.44. The van der Waals surface area contributed by atoms with Crippen LogP contribution in [0.25, 0.3) is 0 Å². The van der Waals surface area contributed by atoms with Crippen LogP contribution in [0.15, 0.2) is 11.1 Å². The lowest BCUT2D eigenvalue weighted by Crippen LogP contribution is -2.13. The standard InChI is InChI=1S/C6H9N3O4S/c1-14(12,13)4-2-8-9(6(4)7)3-5(10)11/h2H,3,7H2,1H3,(H,10,11). The van der Waals surface area contributed by atoms with Gasteiger partial charge in [0.15, 0.2) is 9.84 Å². The van der Waals surface area contributed by atoms with Crippen LogP contribution in [0.5, 0.6) is 0 Å². The molecule has 1 aromatic heterocycles. The van der Waals surface area contributed by atoms with E-state index in [-0.39, 0.29) is 10.7 Å². The molecule has 0 spiro atoms. The predicted molar refractivity (Wildman–Crippen MR) is 47.4 cm³/mol. The molecular weight excluding hydrogens is 210 g/mol. The molecule has 0 atom stereocenters. The fourth-order valence-electron chi connectivity index (χ4n) is 0.917. The van der Waals surface area contributed by atoms with Gasteiger partial charge in [-0.1, -0.05) is 0 Å². The second kappa shape index (κ2) is 3.29. The Balaban J connectivity index is 3.16. The zero-order valence-corrected chi connectivity index (χ0v) is 8.15. The quantitative estimate of drug-likeness (QED) is 0.670. The van der Waals surface area contributed by atoms with Crippen molar-refractivity contribution in [2.24, 2.45) is 0 Å². The number of carboxylic acid groups (broad SMARTS) is 1. The molecule has 8 heteroatoms. The van der Waals surface area contributed by atoms with Crippen LogP contribution in [-0.2, 0) is 21.2 Å². The average molecular weight is 219 g/mol. The number of aromatic nitrogens is 2. The summed E-state index contributed by atoms with van der Waals surface area (Å²) in [5, 5.41) is 12.0. The summed E-state index contributed by atoms with van der Waals surface area (Å²) in [5.74, 6) is -1.30. The number of nitrogens with two attached hydrogens (primary N) is 1. The molecule has 0 aromatic carbocycles. The number of hydrogen-bond acceptors (Lipinski definition) is 5. The van der Waals surface area contributed by atoms with Crippen LogP contribution in [0.2, 0.25) is 0 Å². The predicted octanol–water partition coefficient (Wildman–Crippen LogP) is -1.05. The summed E-state index contributed by atoms with van der Waals surface area (Å²) in [6.07, 6.45) is 2.01. The van der Waals surface area contributed by atoms with Crippen molar-refractivity contribution in [1.29, 1.82) is 0 Å². The Morgan fingerprint density at radius 3 is 2.64 bits per heavy atom. The van der Waals surface area contributed by atoms with Gasteiger partial charge in [-0.15, -0.1) is 0 Å². The van der Waals surface area contributed by atoms with E-state index >= 15 is 0 Å². The second-order valence-corrected chi connectivity index (χ2v) is 4.70. The fraction of sp³-hybridized carbons (Fsp3) is 0.333. The van der Waals surface area contributed by atoms with Gasteiger partial charge >= 0.3 is 5.97 Å². The Labute approximate surface area is 80.1 Å². The van der Waals surface area contributed by atoms with Crippen LogP contribution in [0.3, 0.4) is 0 Å². The monoisotopic (exact) mass is 219 g/mol. The summed E-state index contributed by atoms with van der Waals surface area (Å²) in [6, 6.07) is 0. The van der Waals surface area contributed by atoms with Crippen LogP contribution in [0, 0.1) is 0 Å². The Morgan fingerprint density at radius 2 is 2.29 bits per heavy atom. The Morgan fingerprint density at radius 1 is 1.71 bits per heavy atom. The third-order valence-electron chi connectivity index (χ3n) is 1.53. The van der Waals surface area contributed by atoms with Gasteiger partial charge in [0.1, 0.15) is 17.3 Å². The van der Waals surface area contributed by atoms with Crippen molar-refractivity contribution in [2.75, 3.05) is 12.0 Å². The summed E-state index contributed by atoms with van der Waals surface area (Å²) in [5.41, 5.74) is 5.40. The highest BCUT2D eigenvalue weighted by Crippen LogP contribution is 2.16. The number of sulfone groups is 1. The van der Waals surface area contributed by atoms with E-state index < -0.39 is 22.4 Å². The van der Waals surface area contributed by atoms with E-state index in [9.17, 15) is 13.2 Å². The van der Waals surface area contributed by atoms with E-state index in [1.165, 1.54) is 0 Å². The van der Waals surface area contributed by atoms with Crippen LogP contribution in [0.1, 0.15) is 0 Å². The summed E-state index contributed by atoms with van der Waals surface area (Å²) in [7, 11) is -3.45. The second-order valence-electron chi connectivity index (χ2n) is 2.72. The van der Waals surface area contributed by atoms with Gasteiger partial charge in [0, 0.05) is 6.26 Å². The van der Waals surface area contributed by atoms with E-state index in [0.717, 1.165) is 17.1 Å². The zero-order chi connectivity index (χ0) is 10.9. The van der Waals surface area contributed by atoms with Gasteiger partial charge in [-0.3, -0.25) is 4.79 Å². The first kappa shape index (κ1) is 10.5. The minimum atomic E-state index is -3.45. The first-order chi connectivity index (χ1) is 6.32. The highest BCUT2D eigenvalue weighted by Gasteiger charge is 2.17. The Kier molecular flexibility index (Phi) is 2.47. The average Bonchev–Trinajstić information content (AvgIpc) is 2.30. The van der Waals surface area contributed by atoms with Gasteiger partial charge in [-0.25, -0.2) is 13.1 Å². The Hall–Kier alpha value is -1.57. The van der Waals surface area contributed by atoms with Crippen molar-refractivity contribution < 1.29 is 18.3 Å². The summed E-state index contributed by atoms with van der Waals surface area (Å²) >= 11 is 0. The van der Waals surface area contributed by atoms with Crippen molar-refractivity contribution in [3.05, 3.63) is 6.20 Å². The number of carbonyl (C=O) groups is 1. The third-order valence-corrected chi connectivity index (χ3v) is 2.64. The number of carboxylic acids is 1. The van der Waals surface area contributed by atoms with E-state index in [1.807, 2.05) is 0 Å². The number of rotatable bonds is 3. The smallest absolute Gasteiger partial charge is 0.325 e. The van der Waals surface area contributed by atoms with Crippen LogP contribution in [-0.4, -0.2) is 35.5 Å². The lowest BCUT2D eigenvalue weighted by atomic mass is 10.6. The molecule has 78 valence electrons. The maximum absolute atomic E-state index is 11.1. The molecule has 0 aliphatic rings. The molecule has 0 fully saturated rings. The number of aliphatic carboxylic acids is 1. The van der Waals surface area contributed by atoms with E-state index in [1.54, 1.807) is 0 Å². The topological polar surface area (TPSA) is 115 Å². The number of anilines is 1.